The van der Waals surface area contributed by atoms with Crippen LogP contribution < -0.4 is 0 Å². The minimum absolute atomic E-state index is 0.357. The van der Waals surface area contributed by atoms with Gasteiger partial charge in [0.2, 0.25) is 11.8 Å². The van der Waals surface area contributed by atoms with Gasteiger partial charge in [-0.2, -0.15) is 0 Å². The maximum Gasteiger partial charge on any atom is 0.248 e. The highest BCUT2D eigenvalue weighted by Gasteiger charge is 2.15. The lowest BCUT2D eigenvalue weighted by Gasteiger charge is -2.06. The summed E-state index contributed by atoms with van der Waals surface area (Å²) in [5.41, 5.74) is 4.45. The lowest BCUT2D eigenvalue weighted by atomic mass is 10.0. The molecule has 0 aliphatic carbocycles. The molecule has 0 saturated carbocycles. The highest BCUT2D eigenvalue weighted by atomic mass is 35.5. The maximum absolute atomic E-state index is 14.3. The van der Waals surface area contributed by atoms with Crippen LogP contribution >= 0.6 is 11.6 Å². The van der Waals surface area contributed by atoms with Gasteiger partial charge >= 0.3 is 0 Å². The van der Waals surface area contributed by atoms with E-state index in [1.807, 2.05) is 30.3 Å². The molecule has 142 valence electrons. The molecule has 29 heavy (non-hydrogen) atoms. The number of H-pyrrole nitrogens is 1. The molecule has 1 N–H and O–H groups in total. The quantitative estimate of drug-likeness (QED) is 0.397. The third-order valence-electron chi connectivity index (χ3n) is 4.74. The van der Waals surface area contributed by atoms with Crippen LogP contribution in [0.4, 0.5) is 4.39 Å². The zero-order valence-corrected chi connectivity index (χ0v) is 16.0. The summed E-state index contributed by atoms with van der Waals surface area (Å²) in [5, 5.41) is 9.32. The molecule has 0 saturated heterocycles. The van der Waals surface area contributed by atoms with Crippen molar-refractivity contribution in [2.24, 2.45) is 0 Å². The fourth-order valence-electron chi connectivity index (χ4n) is 3.41. The van der Waals surface area contributed by atoms with E-state index in [0.717, 1.165) is 27.6 Å². The predicted molar refractivity (Wildman–Crippen MR) is 110 cm³/mol. The van der Waals surface area contributed by atoms with Crippen LogP contribution in [0, 0.1) is 12.7 Å². The van der Waals surface area contributed by atoms with E-state index in [0.29, 0.717) is 28.1 Å². The summed E-state index contributed by atoms with van der Waals surface area (Å²) in [4.78, 5) is 7.49. The molecule has 0 bridgehead atoms. The smallest absolute Gasteiger partial charge is 0.248 e. The predicted octanol–water partition coefficient (Wildman–Crippen LogP) is 6.05. The number of aryl methyl sites for hydroxylation is 1. The number of pyridine rings is 1. The Labute approximate surface area is 170 Å². The van der Waals surface area contributed by atoms with E-state index in [1.165, 1.54) is 6.07 Å². The summed E-state index contributed by atoms with van der Waals surface area (Å²) in [5.74, 6) is 0.564. The average molecular weight is 405 g/mol. The second-order valence-corrected chi connectivity index (χ2v) is 7.04. The van der Waals surface area contributed by atoms with E-state index >= 15 is 0 Å². The Kier molecular flexibility index (Phi) is 4.14. The molecule has 5 aromatic rings. The van der Waals surface area contributed by atoms with Crippen molar-refractivity contribution >= 4 is 22.5 Å². The van der Waals surface area contributed by atoms with Crippen LogP contribution in [-0.2, 0) is 0 Å². The van der Waals surface area contributed by atoms with Crippen molar-refractivity contribution < 1.29 is 8.81 Å². The first-order valence-corrected chi connectivity index (χ1v) is 9.30. The van der Waals surface area contributed by atoms with E-state index in [9.17, 15) is 4.39 Å². The van der Waals surface area contributed by atoms with Gasteiger partial charge in [-0.25, -0.2) is 4.39 Å². The zero-order valence-electron chi connectivity index (χ0n) is 15.3. The molecule has 7 heteroatoms. The number of aromatic amines is 1. The largest absolute Gasteiger partial charge is 0.421 e. The number of aromatic nitrogens is 4. The number of nitrogens with one attached hydrogen (secondary N) is 1. The molecule has 0 aliphatic rings. The van der Waals surface area contributed by atoms with Crippen LogP contribution in [0.25, 0.3) is 44.7 Å². The number of rotatable bonds is 3. The van der Waals surface area contributed by atoms with Gasteiger partial charge in [0.15, 0.2) is 0 Å². The van der Waals surface area contributed by atoms with Gasteiger partial charge in [-0.1, -0.05) is 23.7 Å². The molecule has 2 aromatic carbocycles. The van der Waals surface area contributed by atoms with Gasteiger partial charge in [0.05, 0.1) is 16.3 Å². The van der Waals surface area contributed by atoms with Crippen molar-refractivity contribution in [2.45, 2.75) is 6.92 Å². The van der Waals surface area contributed by atoms with Crippen molar-refractivity contribution in [3.05, 3.63) is 77.7 Å². The summed E-state index contributed by atoms with van der Waals surface area (Å²) >= 11 is 6.22. The SMILES string of the molecule is Cc1nnc(-c2ccncc2-c2ccc3[nH]c(-c4c(F)cccc4Cl)cc3c2)o1. The highest BCUT2D eigenvalue weighted by molar-refractivity contribution is 6.33. The van der Waals surface area contributed by atoms with Crippen molar-refractivity contribution in [1.29, 1.82) is 0 Å². The molecule has 3 heterocycles. The summed E-state index contributed by atoms with van der Waals surface area (Å²) in [6.45, 7) is 1.75. The number of hydrogen-bond acceptors (Lipinski definition) is 4. The van der Waals surface area contributed by atoms with Gasteiger partial charge in [0.1, 0.15) is 5.82 Å². The second-order valence-electron chi connectivity index (χ2n) is 6.63. The van der Waals surface area contributed by atoms with Crippen LogP contribution in [-0.4, -0.2) is 20.2 Å². The Hall–Kier alpha value is -3.51. The fraction of sp³-hybridized carbons (Fsp3) is 0.0455. The van der Waals surface area contributed by atoms with E-state index in [-0.39, 0.29) is 5.82 Å². The highest BCUT2D eigenvalue weighted by Crippen LogP contribution is 2.35. The number of fused-ring (bicyclic) bond motifs is 1. The van der Waals surface area contributed by atoms with Crippen molar-refractivity contribution in [3.8, 4) is 33.8 Å². The van der Waals surface area contributed by atoms with Crippen molar-refractivity contribution in [2.75, 3.05) is 0 Å². The first-order valence-electron chi connectivity index (χ1n) is 8.92. The standard InChI is InChI=1S/C22H14ClFN4O/c1-12-27-28-22(29-12)15-7-8-25-11-16(15)13-5-6-19-14(9-13)10-20(26-19)21-17(23)3-2-4-18(21)24/h2-11,26H,1H3. The van der Waals surface area contributed by atoms with Crippen LogP contribution in [0.1, 0.15) is 5.89 Å². The van der Waals surface area contributed by atoms with Crippen LogP contribution in [0.3, 0.4) is 0 Å². The van der Waals surface area contributed by atoms with E-state index < -0.39 is 0 Å². The van der Waals surface area contributed by atoms with E-state index in [4.69, 9.17) is 16.0 Å². The molecule has 0 atom stereocenters. The van der Waals surface area contributed by atoms with E-state index in [1.54, 1.807) is 31.5 Å². The van der Waals surface area contributed by atoms with Crippen LogP contribution in [0.2, 0.25) is 5.02 Å². The van der Waals surface area contributed by atoms with Gasteiger partial charge in [0.25, 0.3) is 0 Å². The normalized spacial score (nSPS) is 11.3. The Morgan fingerprint density at radius 1 is 1.03 bits per heavy atom. The van der Waals surface area contributed by atoms with Crippen LogP contribution in [0.5, 0.6) is 0 Å². The Morgan fingerprint density at radius 3 is 2.72 bits per heavy atom. The van der Waals surface area contributed by atoms with Gasteiger partial charge in [-0.3, -0.25) is 4.98 Å². The summed E-state index contributed by atoms with van der Waals surface area (Å²) in [6, 6.07) is 14.3. The first-order chi connectivity index (χ1) is 14.1. The minimum Gasteiger partial charge on any atom is -0.421 e. The first kappa shape index (κ1) is 17.6. The van der Waals surface area contributed by atoms with Gasteiger partial charge in [0, 0.05) is 41.3 Å². The molecule has 0 radical (unpaired) electrons. The molecule has 0 aliphatic heterocycles. The molecule has 3 aromatic heterocycles. The zero-order chi connectivity index (χ0) is 20.0. The molecule has 0 spiro atoms. The molecule has 0 fully saturated rings. The van der Waals surface area contributed by atoms with Gasteiger partial charge in [-0.05, 0) is 42.0 Å². The Bertz CT molecular complexity index is 1340. The Balaban J connectivity index is 1.64. The lowest BCUT2D eigenvalue weighted by Crippen LogP contribution is -1.87. The summed E-state index contributed by atoms with van der Waals surface area (Å²) < 4.78 is 19.9. The second kappa shape index (κ2) is 6.83. The summed E-state index contributed by atoms with van der Waals surface area (Å²) in [6.07, 6.45) is 3.45. The monoisotopic (exact) mass is 404 g/mol. The van der Waals surface area contributed by atoms with Gasteiger partial charge in [-0.15, -0.1) is 10.2 Å². The number of nitrogens with zero attached hydrogens (tertiary/aromatic N) is 3. The number of halogens is 2. The topological polar surface area (TPSA) is 67.6 Å². The minimum atomic E-state index is -0.370. The summed E-state index contributed by atoms with van der Waals surface area (Å²) in [7, 11) is 0. The third-order valence-corrected chi connectivity index (χ3v) is 5.06. The number of benzene rings is 2. The number of hydrogen-bond donors (Lipinski definition) is 1. The van der Waals surface area contributed by atoms with Crippen LogP contribution in [0.15, 0.2) is 65.3 Å². The molecular weight excluding hydrogens is 391 g/mol. The lowest BCUT2D eigenvalue weighted by molar-refractivity contribution is 0.533. The van der Waals surface area contributed by atoms with E-state index in [2.05, 4.69) is 20.2 Å². The average Bonchev–Trinajstić information content (AvgIpc) is 3.33. The molecular formula is C22H14ClFN4O. The van der Waals surface area contributed by atoms with Crippen molar-refractivity contribution in [3.63, 3.8) is 0 Å². The third kappa shape index (κ3) is 3.07. The molecule has 0 amide bonds. The molecule has 0 unspecified atom stereocenters. The fourth-order valence-corrected chi connectivity index (χ4v) is 3.67. The maximum atomic E-state index is 14.3. The van der Waals surface area contributed by atoms with Gasteiger partial charge < -0.3 is 9.40 Å². The Morgan fingerprint density at radius 2 is 1.93 bits per heavy atom. The van der Waals surface area contributed by atoms with Crippen molar-refractivity contribution in [1.82, 2.24) is 20.2 Å². The molecule has 5 nitrogen and oxygen atoms in total. The molecule has 5 rings (SSSR count).